The molecule has 8 heteroatoms. The van der Waals surface area contributed by atoms with Gasteiger partial charge in [0.05, 0.1) is 11.1 Å². The highest BCUT2D eigenvalue weighted by Gasteiger charge is 2.14. The summed E-state index contributed by atoms with van der Waals surface area (Å²) in [4.78, 5) is 15.7. The van der Waals surface area contributed by atoms with Crippen molar-refractivity contribution >= 4 is 33.9 Å². The zero-order valence-corrected chi connectivity index (χ0v) is 15.2. The van der Waals surface area contributed by atoms with Crippen molar-refractivity contribution in [2.75, 3.05) is 5.32 Å². The van der Waals surface area contributed by atoms with Gasteiger partial charge in [-0.3, -0.25) is 5.10 Å². The number of carboxylic acid groups (broad SMARTS) is 1. The SMILES string of the molecule is Cc1csc(-c2cccc(CNc3ccc4[nH]nc(C(=O)O)c4c3)c2O)n1. The number of phenolic OH excluding ortho intramolecular Hbond substituents is 1. The number of fused-ring (bicyclic) bond motifs is 1. The Hall–Kier alpha value is -3.39. The highest BCUT2D eigenvalue weighted by molar-refractivity contribution is 7.13. The predicted octanol–water partition coefficient (Wildman–Crippen LogP) is 4.01. The number of aromatic hydroxyl groups is 1. The van der Waals surface area contributed by atoms with Gasteiger partial charge in [0.2, 0.25) is 0 Å². The maximum absolute atomic E-state index is 11.2. The molecule has 4 aromatic rings. The summed E-state index contributed by atoms with van der Waals surface area (Å²) in [5.41, 5.74) is 3.72. The molecular formula is C19H16N4O3S. The summed E-state index contributed by atoms with van der Waals surface area (Å²) in [6.07, 6.45) is 0. The van der Waals surface area contributed by atoms with Gasteiger partial charge in [-0.2, -0.15) is 5.10 Å². The van der Waals surface area contributed by atoms with Gasteiger partial charge in [-0.05, 0) is 31.2 Å². The minimum atomic E-state index is -1.08. The van der Waals surface area contributed by atoms with E-state index in [1.165, 1.54) is 11.3 Å². The molecule has 0 atom stereocenters. The van der Waals surface area contributed by atoms with Gasteiger partial charge >= 0.3 is 5.97 Å². The molecule has 136 valence electrons. The number of hydrogen-bond acceptors (Lipinski definition) is 6. The number of hydrogen-bond donors (Lipinski definition) is 4. The van der Waals surface area contributed by atoms with E-state index in [4.69, 9.17) is 0 Å². The quantitative estimate of drug-likeness (QED) is 0.416. The standard InChI is InChI=1S/C19H16N4O3S/c1-10-9-27-18(21-10)13-4-2-3-11(17(13)24)8-20-12-5-6-15-14(7-12)16(19(25)26)23-22-15/h2-7,9,20,24H,8H2,1H3,(H,22,23)(H,25,26). The number of nitrogens with one attached hydrogen (secondary N) is 2. The number of carbonyl (C=O) groups is 1. The number of aromatic nitrogens is 3. The van der Waals surface area contributed by atoms with Gasteiger partial charge in [0, 0.05) is 34.3 Å². The maximum Gasteiger partial charge on any atom is 0.357 e. The van der Waals surface area contributed by atoms with Crippen molar-refractivity contribution < 1.29 is 15.0 Å². The molecule has 2 heterocycles. The van der Waals surface area contributed by atoms with Crippen LogP contribution in [0.5, 0.6) is 5.75 Å². The molecule has 2 aromatic carbocycles. The van der Waals surface area contributed by atoms with Crippen molar-refractivity contribution in [1.29, 1.82) is 0 Å². The van der Waals surface area contributed by atoms with E-state index in [2.05, 4.69) is 20.5 Å². The second-order valence-corrected chi connectivity index (χ2v) is 6.96. The number of phenols is 1. The van der Waals surface area contributed by atoms with Gasteiger partial charge in [0.15, 0.2) is 5.69 Å². The minimum Gasteiger partial charge on any atom is -0.507 e. The molecule has 2 aromatic heterocycles. The Bertz CT molecular complexity index is 1150. The van der Waals surface area contributed by atoms with Crippen LogP contribution in [0, 0.1) is 6.92 Å². The molecule has 27 heavy (non-hydrogen) atoms. The van der Waals surface area contributed by atoms with E-state index >= 15 is 0 Å². The molecule has 0 fully saturated rings. The second-order valence-electron chi connectivity index (χ2n) is 6.10. The maximum atomic E-state index is 11.2. The van der Waals surface area contributed by atoms with Crippen molar-refractivity contribution in [3.8, 4) is 16.3 Å². The molecule has 0 radical (unpaired) electrons. The Labute approximate surface area is 158 Å². The molecule has 0 bridgehead atoms. The molecule has 0 aliphatic rings. The van der Waals surface area contributed by atoms with Gasteiger partial charge < -0.3 is 15.5 Å². The normalized spacial score (nSPS) is 11.0. The van der Waals surface area contributed by atoms with Crippen molar-refractivity contribution in [3.63, 3.8) is 0 Å². The number of para-hydroxylation sites is 1. The molecule has 0 saturated heterocycles. The van der Waals surface area contributed by atoms with Crippen LogP contribution >= 0.6 is 11.3 Å². The zero-order valence-electron chi connectivity index (χ0n) is 14.4. The Morgan fingerprint density at radius 3 is 2.89 bits per heavy atom. The van der Waals surface area contributed by atoms with Crippen molar-refractivity contribution in [1.82, 2.24) is 15.2 Å². The average molecular weight is 380 g/mol. The van der Waals surface area contributed by atoms with E-state index in [-0.39, 0.29) is 11.4 Å². The van der Waals surface area contributed by atoms with E-state index in [1.807, 2.05) is 36.6 Å². The molecule has 0 aliphatic heterocycles. The van der Waals surface area contributed by atoms with Crippen LogP contribution in [0.3, 0.4) is 0 Å². The summed E-state index contributed by atoms with van der Waals surface area (Å²) in [5, 5.41) is 32.8. The lowest BCUT2D eigenvalue weighted by molar-refractivity contribution is 0.0692. The molecular weight excluding hydrogens is 364 g/mol. The Balaban J connectivity index is 1.59. The summed E-state index contributed by atoms with van der Waals surface area (Å²) in [6.45, 7) is 2.30. The summed E-state index contributed by atoms with van der Waals surface area (Å²) in [6, 6.07) is 10.9. The fraction of sp³-hybridized carbons (Fsp3) is 0.105. The van der Waals surface area contributed by atoms with Crippen LogP contribution in [-0.2, 0) is 6.54 Å². The smallest absolute Gasteiger partial charge is 0.357 e. The Kier molecular flexibility index (Phi) is 4.25. The van der Waals surface area contributed by atoms with Crippen LogP contribution in [-0.4, -0.2) is 31.4 Å². The number of thiazole rings is 1. The van der Waals surface area contributed by atoms with Gasteiger partial charge in [0.25, 0.3) is 0 Å². The molecule has 0 aliphatic carbocycles. The number of benzene rings is 2. The highest BCUT2D eigenvalue weighted by atomic mass is 32.1. The van der Waals surface area contributed by atoms with E-state index in [9.17, 15) is 15.0 Å². The lowest BCUT2D eigenvalue weighted by Gasteiger charge is -2.10. The minimum absolute atomic E-state index is 0.0161. The first-order chi connectivity index (χ1) is 13.0. The van der Waals surface area contributed by atoms with Gasteiger partial charge in [0.1, 0.15) is 10.8 Å². The van der Waals surface area contributed by atoms with E-state index in [0.29, 0.717) is 23.0 Å². The monoisotopic (exact) mass is 380 g/mol. The molecule has 0 spiro atoms. The van der Waals surface area contributed by atoms with Crippen LogP contribution in [0.2, 0.25) is 0 Å². The summed E-state index contributed by atoms with van der Waals surface area (Å²) in [5.74, 6) is -0.891. The van der Waals surface area contributed by atoms with Crippen LogP contribution < -0.4 is 5.32 Å². The first kappa shape index (κ1) is 17.0. The summed E-state index contributed by atoms with van der Waals surface area (Å²) >= 11 is 1.49. The van der Waals surface area contributed by atoms with Gasteiger partial charge in [-0.1, -0.05) is 12.1 Å². The molecule has 0 amide bonds. The van der Waals surface area contributed by atoms with Crippen LogP contribution in [0.1, 0.15) is 21.7 Å². The molecule has 0 unspecified atom stereocenters. The second kappa shape index (κ2) is 6.73. The number of aryl methyl sites for hydroxylation is 1. The topological polar surface area (TPSA) is 111 Å². The molecule has 7 nitrogen and oxygen atoms in total. The van der Waals surface area contributed by atoms with Gasteiger partial charge in [-0.25, -0.2) is 9.78 Å². The lowest BCUT2D eigenvalue weighted by Crippen LogP contribution is -2.01. The predicted molar refractivity (Wildman–Crippen MR) is 104 cm³/mol. The van der Waals surface area contributed by atoms with E-state index < -0.39 is 5.97 Å². The third kappa shape index (κ3) is 3.22. The summed E-state index contributed by atoms with van der Waals surface area (Å²) < 4.78 is 0. The zero-order chi connectivity index (χ0) is 19.0. The number of H-pyrrole nitrogens is 1. The Morgan fingerprint density at radius 1 is 1.30 bits per heavy atom. The molecule has 4 rings (SSSR count). The lowest BCUT2D eigenvalue weighted by atomic mass is 10.1. The fourth-order valence-corrected chi connectivity index (χ4v) is 3.69. The fourth-order valence-electron chi connectivity index (χ4n) is 2.87. The summed E-state index contributed by atoms with van der Waals surface area (Å²) in [7, 11) is 0. The van der Waals surface area contributed by atoms with Crippen molar-refractivity contribution in [3.05, 3.63) is 58.7 Å². The van der Waals surface area contributed by atoms with Crippen LogP contribution in [0.25, 0.3) is 21.5 Å². The van der Waals surface area contributed by atoms with Crippen molar-refractivity contribution in [2.45, 2.75) is 13.5 Å². The molecule has 4 N–H and O–H groups in total. The van der Waals surface area contributed by atoms with Crippen LogP contribution in [0.4, 0.5) is 5.69 Å². The average Bonchev–Trinajstić information content (AvgIpc) is 3.26. The Morgan fingerprint density at radius 2 is 2.15 bits per heavy atom. The number of carboxylic acids is 1. The largest absolute Gasteiger partial charge is 0.507 e. The molecule has 0 saturated carbocycles. The number of rotatable bonds is 5. The highest BCUT2D eigenvalue weighted by Crippen LogP contribution is 2.34. The number of nitrogens with zero attached hydrogens (tertiary/aromatic N) is 2. The van der Waals surface area contributed by atoms with Crippen molar-refractivity contribution in [2.24, 2.45) is 0 Å². The number of aromatic amines is 1. The first-order valence-corrected chi connectivity index (χ1v) is 9.09. The van der Waals surface area contributed by atoms with E-state index in [0.717, 1.165) is 22.0 Å². The number of aromatic carboxylic acids is 1. The van der Waals surface area contributed by atoms with Gasteiger partial charge in [-0.15, -0.1) is 11.3 Å². The van der Waals surface area contributed by atoms with Crippen LogP contribution in [0.15, 0.2) is 41.8 Å². The first-order valence-electron chi connectivity index (χ1n) is 8.21. The van der Waals surface area contributed by atoms with E-state index in [1.54, 1.807) is 12.1 Å². The third-order valence-corrected chi connectivity index (χ3v) is 5.21. The third-order valence-electron chi connectivity index (χ3n) is 4.22. The number of anilines is 1.